The maximum absolute atomic E-state index is 11.6. The Balaban J connectivity index is 2.67. The Morgan fingerprint density at radius 2 is 2.05 bits per heavy atom. The topological polar surface area (TPSA) is 88.7 Å². The average Bonchev–Trinajstić information content (AvgIpc) is 2.47. The minimum Gasteiger partial charge on any atom is -0.360 e. The molecule has 6 heteroatoms. The zero-order valence-electron chi connectivity index (χ0n) is 11.0. The Labute approximate surface area is 122 Å². The Morgan fingerprint density at radius 1 is 1.35 bits per heavy atom. The largest absolute Gasteiger partial charge is 0.360 e. The van der Waals surface area contributed by atoms with Gasteiger partial charge in [-0.05, 0) is 42.4 Å². The van der Waals surface area contributed by atoms with E-state index in [1.807, 2.05) is 18.4 Å². The standard InChI is InChI=1S/C14H14N4OS/c1-2-7-17-14(19)11(8-15)9-18-12-3-5-13(6-4-12)20-10-16/h3-6,9,18H,2,7H2,1H3,(H,17,19)/b11-9-. The third kappa shape index (κ3) is 5.05. The summed E-state index contributed by atoms with van der Waals surface area (Å²) in [6.45, 7) is 2.48. The van der Waals surface area contributed by atoms with Gasteiger partial charge in [-0.25, -0.2) is 0 Å². The van der Waals surface area contributed by atoms with Gasteiger partial charge in [0.15, 0.2) is 0 Å². The van der Waals surface area contributed by atoms with Crippen LogP contribution in [0.1, 0.15) is 13.3 Å². The highest BCUT2D eigenvalue weighted by Gasteiger charge is 2.07. The third-order valence-corrected chi connectivity index (χ3v) is 2.90. The highest BCUT2D eigenvalue weighted by Crippen LogP contribution is 2.19. The molecule has 0 aliphatic heterocycles. The van der Waals surface area contributed by atoms with Crippen molar-refractivity contribution in [1.82, 2.24) is 5.32 Å². The molecule has 0 radical (unpaired) electrons. The van der Waals surface area contributed by atoms with Gasteiger partial charge in [-0.3, -0.25) is 4.79 Å². The minimum atomic E-state index is -0.390. The van der Waals surface area contributed by atoms with Crippen LogP contribution in [0.3, 0.4) is 0 Å². The quantitative estimate of drug-likeness (QED) is 0.363. The van der Waals surface area contributed by atoms with E-state index in [2.05, 4.69) is 10.6 Å². The molecule has 0 saturated heterocycles. The van der Waals surface area contributed by atoms with Gasteiger partial charge in [-0.1, -0.05) is 6.92 Å². The van der Waals surface area contributed by atoms with Crippen molar-refractivity contribution in [2.24, 2.45) is 0 Å². The smallest absolute Gasteiger partial charge is 0.263 e. The lowest BCUT2D eigenvalue weighted by atomic mass is 10.2. The Bertz CT molecular complexity index is 566. The molecule has 0 fully saturated rings. The lowest BCUT2D eigenvalue weighted by Crippen LogP contribution is -2.25. The second-order valence-corrected chi connectivity index (χ2v) is 4.65. The van der Waals surface area contributed by atoms with Crippen LogP contribution in [0, 0.1) is 22.0 Å². The number of carbonyl (C=O) groups excluding carboxylic acids is 1. The van der Waals surface area contributed by atoms with E-state index >= 15 is 0 Å². The minimum absolute atomic E-state index is 0.0222. The zero-order chi connectivity index (χ0) is 14.8. The van der Waals surface area contributed by atoms with Crippen molar-refractivity contribution < 1.29 is 4.79 Å². The molecule has 1 aromatic carbocycles. The number of rotatable bonds is 6. The van der Waals surface area contributed by atoms with Gasteiger partial charge in [0.25, 0.3) is 5.91 Å². The molecule has 1 aromatic rings. The fraction of sp³-hybridized carbons (Fsp3) is 0.214. The molecule has 0 spiro atoms. The first-order chi connectivity index (χ1) is 9.71. The molecule has 2 N–H and O–H groups in total. The molecule has 5 nitrogen and oxygen atoms in total. The number of benzene rings is 1. The molecule has 0 aliphatic rings. The summed E-state index contributed by atoms with van der Waals surface area (Å²) in [4.78, 5) is 12.4. The Kier molecular flexibility index (Phi) is 6.74. The molecule has 0 aromatic heterocycles. The Morgan fingerprint density at radius 3 is 2.60 bits per heavy atom. The first-order valence-corrected chi connectivity index (χ1v) is 6.84. The summed E-state index contributed by atoms with van der Waals surface area (Å²) < 4.78 is 0. The van der Waals surface area contributed by atoms with Crippen LogP contribution < -0.4 is 10.6 Å². The van der Waals surface area contributed by atoms with Crippen molar-refractivity contribution in [3.05, 3.63) is 36.0 Å². The lowest BCUT2D eigenvalue weighted by molar-refractivity contribution is -0.117. The molecular formula is C14H14N4OS. The number of hydrogen-bond acceptors (Lipinski definition) is 5. The molecule has 0 unspecified atom stereocenters. The van der Waals surface area contributed by atoms with E-state index in [-0.39, 0.29) is 5.57 Å². The molecule has 0 atom stereocenters. The molecule has 0 aliphatic carbocycles. The van der Waals surface area contributed by atoms with Crippen LogP contribution in [0.2, 0.25) is 0 Å². The molecule has 1 amide bonds. The summed E-state index contributed by atoms with van der Waals surface area (Å²) in [5.41, 5.74) is 0.761. The van der Waals surface area contributed by atoms with Gasteiger partial charge in [0.1, 0.15) is 17.0 Å². The summed E-state index contributed by atoms with van der Waals surface area (Å²) in [5, 5.41) is 25.0. The van der Waals surface area contributed by atoms with Crippen LogP contribution in [0.25, 0.3) is 0 Å². The first-order valence-electron chi connectivity index (χ1n) is 6.02. The molecule has 102 valence electrons. The average molecular weight is 286 g/mol. The van der Waals surface area contributed by atoms with E-state index in [0.717, 1.165) is 28.8 Å². The van der Waals surface area contributed by atoms with Crippen LogP contribution in [0.15, 0.2) is 40.9 Å². The molecule has 0 saturated carbocycles. The van der Waals surface area contributed by atoms with Crippen LogP contribution in [0.4, 0.5) is 5.69 Å². The highest BCUT2D eigenvalue weighted by atomic mass is 32.2. The number of hydrogen-bond donors (Lipinski definition) is 2. The predicted molar refractivity (Wildman–Crippen MR) is 78.5 cm³/mol. The van der Waals surface area contributed by atoms with Crippen LogP contribution in [-0.2, 0) is 4.79 Å². The number of nitrogens with one attached hydrogen (secondary N) is 2. The number of nitrogens with zero attached hydrogens (tertiary/aromatic N) is 2. The number of anilines is 1. The van der Waals surface area contributed by atoms with Crippen molar-refractivity contribution in [2.75, 3.05) is 11.9 Å². The zero-order valence-corrected chi connectivity index (χ0v) is 11.8. The fourth-order valence-electron chi connectivity index (χ4n) is 1.31. The molecular weight excluding hydrogens is 272 g/mol. The third-order valence-electron chi connectivity index (χ3n) is 2.30. The number of carbonyl (C=O) groups is 1. The Hall–Kier alpha value is -2.44. The van der Waals surface area contributed by atoms with Crippen LogP contribution in [0.5, 0.6) is 0 Å². The van der Waals surface area contributed by atoms with E-state index < -0.39 is 5.91 Å². The van der Waals surface area contributed by atoms with E-state index in [9.17, 15) is 4.79 Å². The summed E-state index contributed by atoms with van der Waals surface area (Å²) in [6, 6.07) is 8.97. The van der Waals surface area contributed by atoms with E-state index in [4.69, 9.17) is 10.5 Å². The van der Waals surface area contributed by atoms with Gasteiger partial charge < -0.3 is 10.6 Å². The van der Waals surface area contributed by atoms with E-state index in [1.165, 1.54) is 6.20 Å². The van der Waals surface area contributed by atoms with Gasteiger partial charge in [0.2, 0.25) is 0 Å². The van der Waals surface area contributed by atoms with Crippen molar-refractivity contribution in [3.8, 4) is 11.5 Å². The van der Waals surface area contributed by atoms with Crippen molar-refractivity contribution in [1.29, 1.82) is 10.5 Å². The van der Waals surface area contributed by atoms with Gasteiger partial charge >= 0.3 is 0 Å². The maximum atomic E-state index is 11.6. The lowest BCUT2D eigenvalue weighted by Gasteiger charge is -2.04. The normalized spacial score (nSPS) is 10.2. The summed E-state index contributed by atoms with van der Waals surface area (Å²) >= 11 is 1.07. The molecule has 0 heterocycles. The van der Waals surface area contributed by atoms with Crippen LogP contribution in [-0.4, -0.2) is 12.5 Å². The number of thiocyanates is 1. The molecule has 1 rings (SSSR count). The van der Waals surface area contributed by atoms with Gasteiger partial charge in [-0.2, -0.15) is 10.5 Å². The van der Waals surface area contributed by atoms with Gasteiger partial charge in [0.05, 0.1) is 0 Å². The first kappa shape index (κ1) is 15.6. The predicted octanol–water partition coefficient (Wildman–Crippen LogP) is 2.61. The van der Waals surface area contributed by atoms with E-state index in [1.54, 1.807) is 24.3 Å². The number of thioether (sulfide) groups is 1. The number of amides is 1. The van der Waals surface area contributed by atoms with Gasteiger partial charge in [0, 0.05) is 23.3 Å². The van der Waals surface area contributed by atoms with Gasteiger partial charge in [-0.15, -0.1) is 0 Å². The molecule has 20 heavy (non-hydrogen) atoms. The summed E-state index contributed by atoms with van der Waals surface area (Å²) in [5.74, 6) is -0.390. The molecule has 0 bridgehead atoms. The second kappa shape index (κ2) is 8.63. The van der Waals surface area contributed by atoms with Crippen molar-refractivity contribution >= 4 is 23.4 Å². The maximum Gasteiger partial charge on any atom is 0.263 e. The van der Waals surface area contributed by atoms with Crippen LogP contribution >= 0.6 is 11.8 Å². The fourth-order valence-corrected chi connectivity index (χ4v) is 1.69. The number of nitriles is 2. The summed E-state index contributed by atoms with van der Waals surface area (Å²) in [7, 11) is 0. The summed E-state index contributed by atoms with van der Waals surface area (Å²) in [6.07, 6.45) is 2.19. The second-order valence-electron chi connectivity index (χ2n) is 3.79. The van der Waals surface area contributed by atoms with Crippen molar-refractivity contribution in [3.63, 3.8) is 0 Å². The van der Waals surface area contributed by atoms with E-state index in [0.29, 0.717) is 6.54 Å². The SMILES string of the molecule is CCCNC(=O)/C(C#N)=C\Nc1ccc(SC#N)cc1. The van der Waals surface area contributed by atoms with Crippen molar-refractivity contribution in [2.45, 2.75) is 18.2 Å². The highest BCUT2D eigenvalue weighted by molar-refractivity contribution is 8.03. The monoisotopic (exact) mass is 286 g/mol.